The van der Waals surface area contributed by atoms with Crippen molar-refractivity contribution in [2.45, 2.75) is 82.1 Å². The molecule has 1 saturated carbocycles. The number of pyridine rings is 1. The summed E-state index contributed by atoms with van der Waals surface area (Å²) in [7, 11) is 1.81. The molecule has 0 aromatic carbocycles. The summed E-state index contributed by atoms with van der Waals surface area (Å²) in [5.41, 5.74) is 2.05. The number of fused-ring (bicyclic) bond motifs is 1. The van der Waals surface area contributed by atoms with Crippen LogP contribution in [0, 0.1) is 0 Å². The van der Waals surface area contributed by atoms with Gasteiger partial charge < -0.3 is 10.2 Å². The zero-order valence-corrected chi connectivity index (χ0v) is 20.8. The van der Waals surface area contributed by atoms with Crippen molar-refractivity contribution in [1.29, 1.82) is 0 Å². The van der Waals surface area contributed by atoms with Crippen LogP contribution in [0.5, 0.6) is 0 Å². The van der Waals surface area contributed by atoms with Crippen molar-refractivity contribution in [3.8, 4) is 0 Å². The Morgan fingerprint density at radius 3 is 2.64 bits per heavy atom. The largest absolute Gasteiger partial charge is 0.389 e. The lowest BCUT2D eigenvalue weighted by molar-refractivity contribution is -0.134. The predicted octanol–water partition coefficient (Wildman–Crippen LogP) is 4.11. The first-order chi connectivity index (χ1) is 17.1. The average molecular weight is 510 g/mol. The standard InChI is InChI=1S/C26H35F4N5O/c1-34-18-19(17-31-34)16-24(36)33-22-4-9-25(27,10-5-22)12-15-35-13-7-20-2-3-21(6-11-26(28,29)30)32-23(20)8-14-35/h2-3,17-18,22H,4-16H2,1H3,(H,33,36). The number of aromatic nitrogens is 3. The molecule has 0 spiro atoms. The quantitative estimate of drug-likeness (QED) is 0.544. The Morgan fingerprint density at radius 1 is 1.19 bits per heavy atom. The zero-order valence-electron chi connectivity index (χ0n) is 20.8. The van der Waals surface area contributed by atoms with Gasteiger partial charge in [-0.3, -0.25) is 14.5 Å². The van der Waals surface area contributed by atoms with Gasteiger partial charge in [-0.2, -0.15) is 18.3 Å². The Hall–Kier alpha value is -2.49. The number of nitrogens with zero attached hydrogens (tertiary/aromatic N) is 4. The Morgan fingerprint density at radius 2 is 1.94 bits per heavy atom. The SMILES string of the molecule is Cn1cc(CC(=O)NC2CCC(F)(CCN3CCc4ccc(CCC(F)(F)F)nc4CC3)CC2)cn1. The lowest BCUT2D eigenvalue weighted by Crippen LogP contribution is -2.43. The molecule has 0 saturated heterocycles. The van der Waals surface area contributed by atoms with E-state index < -0.39 is 18.3 Å². The van der Waals surface area contributed by atoms with Crippen LogP contribution in [0.3, 0.4) is 0 Å². The van der Waals surface area contributed by atoms with Crippen molar-refractivity contribution in [2.24, 2.45) is 7.05 Å². The van der Waals surface area contributed by atoms with Crippen molar-refractivity contribution in [3.05, 3.63) is 47.0 Å². The van der Waals surface area contributed by atoms with Gasteiger partial charge in [0.1, 0.15) is 5.67 Å². The van der Waals surface area contributed by atoms with Crippen LogP contribution in [0.2, 0.25) is 0 Å². The second-order valence-corrected chi connectivity index (χ2v) is 10.3. The molecule has 1 aliphatic heterocycles. The van der Waals surface area contributed by atoms with Crippen molar-refractivity contribution in [1.82, 2.24) is 25.0 Å². The molecular formula is C26H35F4N5O. The van der Waals surface area contributed by atoms with Crippen LogP contribution in [0.15, 0.2) is 24.5 Å². The third-order valence-electron chi connectivity index (χ3n) is 7.40. The summed E-state index contributed by atoms with van der Waals surface area (Å²) in [5, 5.41) is 7.11. The maximum Gasteiger partial charge on any atom is 0.389 e. The molecule has 1 amide bonds. The van der Waals surface area contributed by atoms with Crippen molar-refractivity contribution >= 4 is 5.91 Å². The lowest BCUT2D eigenvalue weighted by atomic mass is 9.81. The molecule has 4 rings (SSSR count). The first kappa shape index (κ1) is 26.6. The fourth-order valence-electron chi connectivity index (χ4n) is 5.22. The van der Waals surface area contributed by atoms with Gasteiger partial charge in [0.15, 0.2) is 0 Å². The third-order valence-corrected chi connectivity index (χ3v) is 7.40. The number of carbonyl (C=O) groups is 1. The number of halogens is 4. The Kier molecular flexibility index (Phi) is 8.32. The highest BCUT2D eigenvalue weighted by molar-refractivity contribution is 5.78. The summed E-state index contributed by atoms with van der Waals surface area (Å²) in [5.74, 6) is -0.0568. The molecular weight excluding hydrogens is 474 g/mol. The first-order valence-electron chi connectivity index (χ1n) is 12.8. The van der Waals surface area contributed by atoms with Gasteiger partial charge in [-0.05, 0) is 62.1 Å². The number of hydrogen-bond acceptors (Lipinski definition) is 4. The van der Waals surface area contributed by atoms with Crippen LogP contribution in [0.1, 0.15) is 61.0 Å². The van der Waals surface area contributed by atoms with Crippen LogP contribution in [-0.4, -0.2) is 63.1 Å². The molecule has 1 N–H and O–H groups in total. The highest BCUT2D eigenvalue weighted by atomic mass is 19.4. The molecule has 6 nitrogen and oxygen atoms in total. The summed E-state index contributed by atoms with van der Waals surface area (Å²) in [6, 6.07) is 3.60. The van der Waals surface area contributed by atoms with Gasteiger partial charge in [-0.15, -0.1) is 0 Å². The number of aryl methyl sites for hydroxylation is 2. The number of hydrogen-bond donors (Lipinski definition) is 1. The maximum atomic E-state index is 15.5. The molecule has 3 heterocycles. The lowest BCUT2D eigenvalue weighted by Gasteiger charge is -2.35. The van der Waals surface area contributed by atoms with Crippen LogP contribution < -0.4 is 5.32 Å². The minimum atomic E-state index is -4.18. The maximum absolute atomic E-state index is 15.5. The molecule has 10 heteroatoms. The van der Waals surface area contributed by atoms with Gasteiger partial charge in [0.05, 0.1) is 12.6 Å². The predicted molar refractivity (Wildman–Crippen MR) is 128 cm³/mol. The monoisotopic (exact) mass is 509 g/mol. The molecule has 198 valence electrons. The molecule has 1 fully saturated rings. The van der Waals surface area contributed by atoms with Crippen molar-refractivity contribution in [3.63, 3.8) is 0 Å². The molecule has 0 unspecified atom stereocenters. The summed E-state index contributed by atoms with van der Waals surface area (Å²) in [6.45, 7) is 2.16. The van der Waals surface area contributed by atoms with E-state index in [1.54, 1.807) is 16.9 Å². The Bertz CT molecular complexity index is 1030. The number of carbonyl (C=O) groups excluding carboxylic acids is 1. The molecule has 2 aromatic heterocycles. The van der Waals surface area contributed by atoms with E-state index in [0.29, 0.717) is 50.8 Å². The summed E-state index contributed by atoms with van der Waals surface area (Å²) < 4.78 is 54.8. The fourth-order valence-corrected chi connectivity index (χ4v) is 5.22. The molecule has 0 bridgehead atoms. The molecule has 36 heavy (non-hydrogen) atoms. The molecule has 2 aliphatic rings. The van der Waals surface area contributed by atoms with E-state index in [2.05, 4.69) is 20.3 Å². The molecule has 1 aliphatic carbocycles. The summed E-state index contributed by atoms with van der Waals surface area (Å²) in [4.78, 5) is 19.0. The highest BCUT2D eigenvalue weighted by Crippen LogP contribution is 2.35. The number of nitrogens with one attached hydrogen (secondary N) is 1. The highest BCUT2D eigenvalue weighted by Gasteiger charge is 2.36. The zero-order chi connectivity index (χ0) is 25.8. The van der Waals surface area contributed by atoms with Gasteiger partial charge in [0.25, 0.3) is 0 Å². The van der Waals surface area contributed by atoms with E-state index in [1.807, 2.05) is 19.3 Å². The van der Waals surface area contributed by atoms with E-state index in [-0.39, 0.29) is 24.8 Å². The van der Waals surface area contributed by atoms with Gasteiger partial charge in [-0.25, -0.2) is 4.39 Å². The van der Waals surface area contributed by atoms with E-state index in [0.717, 1.165) is 36.3 Å². The van der Waals surface area contributed by atoms with Crippen LogP contribution in [0.25, 0.3) is 0 Å². The normalized spacial score (nSPS) is 23.2. The van der Waals surface area contributed by atoms with Gasteiger partial charge in [-0.1, -0.05) is 6.07 Å². The number of alkyl halides is 4. The average Bonchev–Trinajstić information content (AvgIpc) is 3.11. The minimum Gasteiger partial charge on any atom is -0.353 e. The smallest absolute Gasteiger partial charge is 0.353 e. The second-order valence-electron chi connectivity index (χ2n) is 10.3. The second kappa shape index (κ2) is 11.3. The van der Waals surface area contributed by atoms with Crippen LogP contribution in [0.4, 0.5) is 17.6 Å². The summed E-state index contributed by atoms with van der Waals surface area (Å²) >= 11 is 0. The van der Waals surface area contributed by atoms with Crippen LogP contribution in [-0.2, 0) is 37.5 Å². The number of rotatable bonds is 8. The molecule has 0 atom stereocenters. The third kappa shape index (κ3) is 7.75. The van der Waals surface area contributed by atoms with Crippen molar-refractivity contribution < 1.29 is 22.4 Å². The van der Waals surface area contributed by atoms with Gasteiger partial charge in [0.2, 0.25) is 5.91 Å². The number of amides is 1. The van der Waals surface area contributed by atoms with Crippen LogP contribution >= 0.6 is 0 Å². The Balaban J connectivity index is 1.19. The first-order valence-corrected chi connectivity index (χ1v) is 12.8. The van der Waals surface area contributed by atoms with E-state index in [1.165, 1.54) is 0 Å². The van der Waals surface area contributed by atoms with Gasteiger partial charge in [0, 0.05) is 63.2 Å². The van der Waals surface area contributed by atoms with E-state index in [9.17, 15) is 18.0 Å². The minimum absolute atomic E-state index is 0.00310. The van der Waals surface area contributed by atoms with Gasteiger partial charge >= 0.3 is 6.18 Å². The van der Waals surface area contributed by atoms with Crippen molar-refractivity contribution in [2.75, 3.05) is 19.6 Å². The molecule has 2 aromatic rings. The summed E-state index contributed by atoms with van der Waals surface area (Å²) in [6.07, 6.45) is 2.64. The Labute approximate surface area is 209 Å². The molecule has 0 radical (unpaired) electrons. The van der Waals surface area contributed by atoms with E-state index >= 15 is 4.39 Å². The van der Waals surface area contributed by atoms with E-state index in [4.69, 9.17) is 0 Å². The fraction of sp³-hybridized carbons (Fsp3) is 0.654. The topological polar surface area (TPSA) is 63.1 Å².